The Morgan fingerprint density at radius 3 is 2.87 bits per heavy atom. The van der Waals surface area contributed by atoms with Gasteiger partial charge >= 0.3 is 0 Å². The van der Waals surface area contributed by atoms with Crippen molar-refractivity contribution in [3.63, 3.8) is 0 Å². The van der Waals surface area contributed by atoms with E-state index in [1.54, 1.807) is 17.2 Å². The highest BCUT2D eigenvalue weighted by Crippen LogP contribution is 2.36. The molecule has 0 spiro atoms. The molecule has 8 heteroatoms. The highest BCUT2D eigenvalue weighted by Gasteiger charge is 2.32. The molecular weight excluding hydrogens is 316 g/mol. The van der Waals surface area contributed by atoms with Crippen LogP contribution < -0.4 is 10.6 Å². The molecule has 1 saturated carbocycles. The number of nitrogens with one attached hydrogen (secondary N) is 2. The van der Waals surface area contributed by atoms with Gasteiger partial charge in [-0.05, 0) is 19.8 Å². The van der Waals surface area contributed by atoms with Gasteiger partial charge in [0.05, 0.1) is 10.7 Å². The van der Waals surface area contributed by atoms with E-state index in [2.05, 4.69) is 25.7 Å². The summed E-state index contributed by atoms with van der Waals surface area (Å²) in [6.07, 6.45) is 5.02. The van der Waals surface area contributed by atoms with Crippen molar-refractivity contribution >= 4 is 23.3 Å². The monoisotopic (exact) mass is 334 g/mol. The standard InChI is InChI=1S/C15H19ClN6O/c1-9-12(16)6-22(21-9)7-15(23)20-11-3-10(4-11)13-5-14(17-2)19-8-18-13/h5-6,8,10-11H,3-4,7H2,1-2H3,(H,20,23)(H,17,18,19). The van der Waals surface area contributed by atoms with Crippen molar-refractivity contribution in [1.82, 2.24) is 25.1 Å². The Morgan fingerprint density at radius 2 is 2.22 bits per heavy atom. The normalized spacial score (nSPS) is 20.0. The highest BCUT2D eigenvalue weighted by atomic mass is 35.5. The third kappa shape index (κ3) is 3.61. The number of carbonyl (C=O) groups excluding carboxylic acids is 1. The number of anilines is 1. The van der Waals surface area contributed by atoms with E-state index in [0.29, 0.717) is 10.9 Å². The van der Waals surface area contributed by atoms with Crippen LogP contribution in [0.1, 0.15) is 30.1 Å². The Bertz CT molecular complexity index is 690. The number of hydrogen-bond acceptors (Lipinski definition) is 5. The molecule has 0 unspecified atom stereocenters. The third-order valence-corrected chi connectivity index (χ3v) is 4.43. The maximum Gasteiger partial charge on any atom is 0.241 e. The van der Waals surface area contributed by atoms with E-state index in [4.69, 9.17) is 11.6 Å². The zero-order valence-corrected chi connectivity index (χ0v) is 13.8. The minimum absolute atomic E-state index is 0.0498. The SMILES string of the molecule is CNc1cc(C2CC(NC(=O)Cn3cc(Cl)c(C)n3)C2)ncn1. The van der Waals surface area contributed by atoms with Crippen molar-refractivity contribution in [2.75, 3.05) is 12.4 Å². The van der Waals surface area contributed by atoms with Crippen LogP contribution in [0.25, 0.3) is 0 Å². The average Bonchev–Trinajstić information content (AvgIpc) is 2.80. The fourth-order valence-electron chi connectivity index (χ4n) is 2.70. The van der Waals surface area contributed by atoms with Crippen molar-refractivity contribution in [1.29, 1.82) is 0 Å². The van der Waals surface area contributed by atoms with Gasteiger partial charge in [-0.2, -0.15) is 5.10 Å². The van der Waals surface area contributed by atoms with E-state index in [9.17, 15) is 4.79 Å². The van der Waals surface area contributed by atoms with Crippen molar-refractivity contribution < 1.29 is 4.79 Å². The van der Waals surface area contributed by atoms with E-state index in [0.717, 1.165) is 30.0 Å². The summed E-state index contributed by atoms with van der Waals surface area (Å²) in [5.74, 6) is 1.14. The van der Waals surface area contributed by atoms with Crippen molar-refractivity contribution in [3.05, 3.63) is 35.0 Å². The Morgan fingerprint density at radius 1 is 1.43 bits per heavy atom. The molecule has 2 N–H and O–H groups in total. The van der Waals surface area contributed by atoms with Gasteiger partial charge in [-0.1, -0.05) is 11.6 Å². The lowest BCUT2D eigenvalue weighted by molar-refractivity contribution is -0.123. The van der Waals surface area contributed by atoms with E-state index in [1.165, 1.54) is 0 Å². The van der Waals surface area contributed by atoms with Gasteiger partial charge in [-0.15, -0.1) is 0 Å². The van der Waals surface area contributed by atoms with Crippen LogP contribution in [0.2, 0.25) is 5.02 Å². The number of halogens is 1. The summed E-state index contributed by atoms with van der Waals surface area (Å²) in [7, 11) is 1.83. The highest BCUT2D eigenvalue weighted by molar-refractivity contribution is 6.31. The van der Waals surface area contributed by atoms with Gasteiger partial charge in [0.25, 0.3) is 0 Å². The van der Waals surface area contributed by atoms with Gasteiger partial charge in [0.15, 0.2) is 0 Å². The molecule has 2 aromatic heterocycles. The quantitative estimate of drug-likeness (QED) is 0.870. The molecule has 0 radical (unpaired) electrons. The molecule has 1 aliphatic carbocycles. The van der Waals surface area contributed by atoms with Crippen LogP contribution in [0.3, 0.4) is 0 Å². The molecule has 1 aliphatic rings. The van der Waals surface area contributed by atoms with Crippen LogP contribution in [-0.4, -0.2) is 38.7 Å². The van der Waals surface area contributed by atoms with Crippen molar-refractivity contribution in [2.45, 2.75) is 38.3 Å². The number of carbonyl (C=O) groups is 1. The average molecular weight is 335 g/mol. The van der Waals surface area contributed by atoms with E-state index < -0.39 is 0 Å². The molecule has 23 heavy (non-hydrogen) atoms. The van der Waals surface area contributed by atoms with Gasteiger partial charge in [0, 0.05) is 37.0 Å². The summed E-state index contributed by atoms with van der Waals surface area (Å²) >= 11 is 5.94. The van der Waals surface area contributed by atoms with Crippen molar-refractivity contribution in [3.8, 4) is 0 Å². The second kappa shape index (κ2) is 6.54. The summed E-state index contributed by atoms with van der Waals surface area (Å²) in [5.41, 5.74) is 1.75. The number of hydrogen-bond donors (Lipinski definition) is 2. The zero-order chi connectivity index (χ0) is 16.4. The summed E-state index contributed by atoms with van der Waals surface area (Å²) in [5, 5.41) is 10.8. The summed E-state index contributed by atoms with van der Waals surface area (Å²) in [4.78, 5) is 20.4. The van der Waals surface area contributed by atoms with Gasteiger partial charge in [-0.3, -0.25) is 9.48 Å². The first-order valence-corrected chi connectivity index (χ1v) is 7.91. The molecule has 0 aromatic carbocycles. The summed E-state index contributed by atoms with van der Waals surface area (Å²) in [6.45, 7) is 2.00. The van der Waals surface area contributed by atoms with E-state index >= 15 is 0 Å². The number of amides is 1. The third-order valence-electron chi connectivity index (χ3n) is 4.06. The van der Waals surface area contributed by atoms with Gasteiger partial charge in [-0.25, -0.2) is 9.97 Å². The minimum Gasteiger partial charge on any atom is -0.373 e. The summed E-state index contributed by atoms with van der Waals surface area (Å²) in [6, 6.07) is 2.14. The van der Waals surface area contributed by atoms with Crippen LogP contribution in [-0.2, 0) is 11.3 Å². The fourth-order valence-corrected chi connectivity index (χ4v) is 2.85. The van der Waals surface area contributed by atoms with Gasteiger partial charge in [0.2, 0.25) is 5.91 Å². The van der Waals surface area contributed by atoms with E-state index in [1.807, 2.05) is 20.0 Å². The topological polar surface area (TPSA) is 84.7 Å². The molecule has 2 aromatic rings. The summed E-state index contributed by atoms with van der Waals surface area (Å²) < 4.78 is 1.56. The zero-order valence-electron chi connectivity index (χ0n) is 13.1. The Labute approximate surface area is 139 Å². The van der Waals surface area contributed by atoms with Gasteiger partial charge < -0.3 is 10.6 Å². The number of aryl methyl sites for hydroxylation is 1. The molecule has 3 rings (SSSR count). The van der Waals surface area contributed by atoms with Gasteiger partial charge in [0.1, 0.15) is 18.7 Å². The first kappa shape index (κ1) is 15.7. The lowest BCUT2D eigenvalue weighted by Gasteiger charge is -2.35. The first-order valence-electron chi connectivity index (χ1n) is 7.53. The number of rotatable bonds is 5. The molecule has 7 nitrogen and oxygen atoms in total. The predicted octanol–water partition coefficient (Wildman–Crippen LogP) is 1.74. The fraction of sp³-hybridized carbons (Fsp3) is 0.467. The lowest BCUT2D eigenvalue weighted by Crippen LogP contribution is -2.44. The lowest BCUT2D eigenvalue weighted by atomic mass is 9.78. The molecule has 1 fully saturated rings. The first-order chi connectivity index (χ1) is 11.0. The molecule has 0 saturated heterocycles. The molecule has 1 amide bonds. The smallest absolute Gasteiger partial charge is 0.241 e. The molecule has 0 atom stereocenters. The van der Waals surface area contributed by atoms with Crippen LogP contribution in [0.15, 0.2) is 18.6 Å². The van der Waals surface area contributed by atoms with Crippen LogP contribution in [0.5, 0.6) is 0 Å². The number of aromatic nitrogens is 4. The molecular formula is C15H19ClN6O. The number of nitrogens with zero attached hydrogens (tertiary/aromatic N) is 4. The Kier molecular flexibility index (Phi) is 4.47. The minimum atomic E-state index is -0.0498. The predicted molar refractivity (Wildman–Crippen MR) is 87.5 cm³/mol. The molecule has 0 aliphatic heterocycles. The second-order valence-electron chi connectivity index (χ2n) is 5.77. The molecule has 122 valence electrons. The largest absolute Gasteiger partial charge is 0.373 e. The molecule has 0 bridgehead atoms. The Balaban J connectivity index is 1.48. The second-order valence-corrected chi connectivity index (χ2v) is 6.18. The van der Waals surface area contributed by atoms with Crippen LogP contribution >= 0.6 is 11.6 Å². The Hall–Kier alpha value is -2.15. The van der Waals surface area contributed by atoms with Crippen molar-refractivity contribution in [2.24, 2.45) is 0 Å². The maximum absolute atomic E-state index is 12.0. The van der Waals surface area contributed by atoms with Crippen LogP contribution in [0.4, 0.5) is 5.82 Å². The maximum atomic E-state index is 12.0. The van der Waals surface area contributed by atoms with E-state index in [-0.39, 0.29) is 18.5 Å². The van der Waals surface area contributed by atoms with Crippen LogP contribution in [0, 0.1) is 6.92 Å². The molecule has 2 heterocycles.